The number of benzene rings is 1. The maximum Gasteiger partial charge on any atom is 0.243 e. The van der Waals surface area contributed by atoms with Crippen molar-refractivity contribution in [3.8, 4) is 5.75 Å². The van der Waals surface area contributed by atoms with E-state index in [1.807, 2.05) is 6.07 Å². The molecule has 1 saturated heterocycles. The molecular weight excluding hydrogens is 319 g/mol. The molecule has 0 N–H and O–H groups in total. The van der Waals surface area contributed by atoms with Crippen molar-refractivity contribution >= 4 is 10.0 Å². The molecule has 0 aliphatic carbocycles. The molecule has 0 atom stereocenters. The van der Waals surface area contributed by atoms with Crippen LogP contribution in [0.15, 0.2) is 53.7 Å². The first-order valence-corrected chi connectivity index (χ1v) is 8.82. The molecule has 0 radical (unpaired) electrons. The lowest BCUT2D eigenvalue weighted by Gasteiger charge is -2.31. The van der Waals surface area contributed by atoms with E-state index in [-0.39, 0.29) is 11.0 Å². The molecule has 0 amide bonds. The summed E-state index contributed by atoms with van der Waals surface area (Å²) < 4.78 is 45.5. The summed E-state index contributed by atoms with van der Waals surface area (Å²) in [6.45, 7) is 0.702. The number of piperidine rings is 1. The van der Waals surface area contributed by atoms with Gasteiger partial charge in [0.15, 0.2) is 0 Å². The van der Waals surface area contributed by atoms with Crippen molar-refractivity contribution < 1.29 is 17.5 Å². The maximum absolute atomic E-state index is 13.3. The van der Waals surface area contributed by atoms with Crippen molar-refractivity contribution in [3.63, 3.8) is 0 Å². The fourth-order valence-corrected chi connectivity index (χ4v) is 4.08. The number of hydrogen-bond donors (Lipinski definition) is 0. The first-order chi connectivity index (χ1) is 11.1. The van der Waals surface area contributed by atoms with Crippen LogP contribution in [0, 0.1) is 5.82 Å². The second kappa shape index (κ2) is 6.64. The highest BCUT2D eigenvalue weighted by molar-refractivity contribution is 7.89. The van der Waals surface area contributed by atoms with E-state index in [1.54, 1.807) is 18.5 Å². The molecule has 1 aliphatic heterocycles. The van der Waals surface area contributed by atoms with Gasteiger partial charge >= 0.3 is 0 Å². The molecular formula is C16H17FN2O3S. The molecule has 2 aromatic rings. The van der Waals surface area contributed by atoms with Crippen LogP contribution in [0.5, 0.6) is 5.75 Å². The van der Waals surface area contributed by atoms with Crippen molar-refractivity contribution in [2.24, 2.45) is 0 Å². The molecule has 23 heavy (non-hydrogen) atoms. The minimum atomic E-state index is -3.66. The molecule has 0 saturated carbocycles. The molecule has 0 bridgehead atoms. The van der Waals surface area contributed by atoms with Gasteiger partial charge in [-0.05, 0) is 43.2 Å². The van der Waals surface area contributed by atoms with Crippen LogP contribution in [0.3, 0.4) is 0 Å². The summed E-state index contributed by atoms with van der Waals surface area (Å²) in [5, 5.41) is 0. The van der Waals surface area contributed by atoms with Crippen LogP contribution in [-0.2, 0) is 10.0 Å². The third-order valence-corrected chi connectivity index (χ3v) is 5.67. The zero-order valence-corrected chi connectivity index (χ0v) is 13.2. The Balaban J connectivity index is 1.64. The largest absolute Gasteiger partial charge is 0.489 e. The van der Waals surface area contributed by atoms with Gasteiger partial charge in [-0.1, -0.05) is 6.07 Å². The van der Waals surface area contributed by atoms with E-state index in [4.69, 9.17) is 4.74 Å². The monoisotopic (exact) mass is 336 g/mol. The summed E-state index contributed by atoms with van der Waals surface area (Å²) >= 11 is 0. The molecule has 1 aromatic carbocycles. The predicted octanol–water partition coefficient (Wildman–Crippen LogP) is 2.45. The summed E-state index contributed by atoms with van der Waals surface area (Å²) in [5.41, 5.74) is 0. The zero-order chi connectivity index (χ0) is 16.3. The molecule has 7 heteroatoms. The van der Waals surface area contributed by atoms with Crippen LogP contribution in [-0.4, -0.2) is 36.9 Å². The fraction of sp³-hybridized carbons (Fsp3) is 0.312. The normalized spacial score (nSPS) is 17.1. The third kappa shape index (κ3) is 3.68. The lowest BCUT2D eigenvalue weighted by molar-refractivity contribution is 0.134. The van der Waals surface area contributed by atoms with Crippen molar-refractivity contribution in [1.82, 2.24) is 9.29 Å². The predicted molar refractivity (Wildman–Crippen MR) is 83.0 cm³/mol. The summed E-state index contributed by atoms with van der Waals surface area (Å²) in [7, 11) is -3.66. The second-order valence-electron chi connectivity index (χ2n) is 5.37. The number of aromatic nitrogens is 1. The topological polar surface area (TPSA) is 59.5 Å². The van der Waals surface area contributed by atoms with E-state index in [9.17, 15) is 12.8 Å². The van der Waals surface area contributed by atoms with E-state index in [2.05, 4.69) is 4.98 Å². The molecule has 1 fully saturated rings. The Morgan fingerprint density at radius 1 is 1.17 bits per heavy atom. The van der Waals surface area contributed by atoms with Gasteiger partial charge in [-0.3, -0.25) is 4.98 Å². The number of nitrogens with zero attached hydrogens (tertiary/aromatic N) is 2. The molecule has 0 spiro atoms. The van der Waals surface area contributed by atoms with Gasteiger partial charge in [0.1, 0.15) is 17.7 Å². The molecule has 3 rings (SSSR count). The van der Waals surface area contributed by atoms with Gasteiger partial charge in [-0.15, -0.1) is 0 Å². The Morgan fingerprint density at radius 3 is 2.61 bits per heavy atom. The lowest BCUT2D eigenvalue weighted by Crippen LogP contribution is -2.41. The van der Waals surface area contributed by atoms with Gasteiger partial charge in [0, 0.05) is 19.3 Å². The van der Waals surface area contributed by atoms with Crippen LogP contribution in [0.4, 0.5) is 4.39 Å². The van der Waals surface area contributed by atoms with Crippen LogP contribution < -0.4 is 4.74 Å². The Bertz CT molecular complexity index is 760. The summed E-state index contributed by atoms with van der Waals surface area (Å²) in [6.07, 6.45) is 4.43. The number of hydrogen-bond acceptors (Lipinski definition) is 4. The van der Waals surface area contributed by atoms with E-state index in [0.29, 0.717) is 31.7 Å². The van der Waals surface area contributed by atoms with E-state index >= 15 is 0 Å². The Labute approximate surface area is 134 Å². The quantitative estimate of drug-likeness (QED) is 0.860. The Kier molecular flexibility index (Phi) is 4.58. The van der Waals surface area contributed by atoms with Crippen LogP contribution >= 0.6 is 0 Å². The van der Waals surface area contributed by atoms with Gasteiger partial charge in [0.05, 0.1) is 11.1 Å². The average Bonchev–Trinajstić information content (AvgIpc) is 2.56. The summed E-state index contributed by atoms with van der Waals surface area (Å²) in [5.74, 6) is 0.125. The van der Waals surface area contributed by atoms with Gasteiger partial charge in [-0.2, -0.15) is 4.31 Å². The molecule has 1 aliphatic rings. The Morgan fingerprint density at radius 2 is 1.96 bits per heavy atom. The van der Waals surface area contributed by atoms with E-state index < -0.39 is 15.8 Å². The summed E-state index contributed by atoms with van der Waals surface area (Å²) in [6, 6.07) is 8.71. The van der Waals surface area contributed by atoms with Crippen molar-refractivity contribution in [3.05, 3.63) is 54.6 Å². The smallest absolute Gasteiger partial charge is 0.243 e. The van der Waals surface area contributed by atoms with Gasteiger partial charge in [-0.25, -0.2) is 12.8 Å². The van der Waals surface area contributed by atoms with Crippen molar-refractivity contribution in [1.29, 1.82) is 0 Å². The highest BCUT2D eigenvalue weighted by Crippen LogP contribution is 2.23. The maximum atomic E-state index is 13.3. The highest BCUT2D eigenvalue weighted by atomic mass is 32.2. The number of halogens is 1. The van der Waals surface area contributed by atoms with Gasteiger partial charge < -0.3 is 4.74 Å². The van der Waals surface area contributed by atoms with Crippen LogP contribution in [0.2, 0.25) is 0 Å². The number of rotatable bonds is 4. The van der Waals surface area contributed by atoms with Gasteiger partial charge in [0.2, 0.25) is 10.0 Å². The molecule has 2 heterocycles. The zero-order valence-electron chi connectivity index (χ0n) is 12.4. The first-order valence-electron chi connectivity index (χ1n) is 7.38. The fourth-order valence-electron chi connectivity index (χ4n) is 2.58. The van der Waals surface area contributed by atoms with Crippen molar-refractivity contribution in [2.45, 2.75) is 23.8 Å². The standard InChI is InChI=1S/C16H17FN2O3S/c17-13-3-1-5-16(11-13)23(20,21)19-9-6-14(7-10-19)22-15-4-2-8-18-12-15/h1-5,8,11-12,14H,6-7,9-10H2. The van der Waals surface area contributed by atoms with E-state index in [0.717, 1.165) is 6.07 Å². The second-order valence-corrected chi connectivity index (χ2v) is 7.31. The van der Waals surface area contributed by atoms with Crippen LogP contribution in [0.25, 0.3) is 0 Å². The molecule has 1 aromatic heterocycles. The third-order valence-electron chi connectivity index (χ3n) is 3.77. The minimum absolute atomic E-state index is 0.0101. The van der Waals surface area contributed by atoms with Crippen molar-refractivity contribution in [2.75, 3.05) is 13.1 Å². The number of pyridine rings is 1. The first kappa shape index (κ1) is 15.9. The molecule has 122 valence electrons. The lowest BCUT2D eigenvalue weighted by atomic mass is 10.1. The van der Waals surface area contributed by atoms with Crippen LogP contribution in [0.1, 0.15) is 12.8 Å². The minimum Gasteiger partial charge on any atom is -0.489 e. The number of sulfonamides is 1. The SMILES string of the molecule is O=S(=O)(c1cccc(F)c1)N1CCC(Oc2cccnc2)CC1. The molecule has 5 nitrogen and oxygen atoms in total. The highest BCUT2D eigenvalue weighted by Gasteiger charge is 2.30. The number of ether oxygens (including phenoxy) is 1. The van der Waals surface area contributed by atoms with Gasteiger partial charge in [0.25, 0.3) is 0 Å². The molecule has 0 unspecified atom stereocenters. The summed E-state index contributed by atoms with van der Waals surface area (Å²) in [4.78, 5) is 3.98. The average molecular weight is 336 g/mol. The Hall–Kier alpha value is -1.99. The van der Waals surface area contributed by atoms with E-state index in [1.165, 1.54) is 22.5 Å².